The molecular formula is C11H22O3. The van der Waals surface area contributed by atoms with E-state index in [-0.39, 0.29) is 12.7 Å². The number of hydrogen-bond acceptors (Lipinski definition) is 3. The van der Waals surface area contributed by atoms with Crippen molar-refractivity contribution in [1.29, 1.82) is 0 Å². The van der Waals surface area contributed by atoms with Crippen LogP contribution in [0.2, 0.25) is 0 Å². The van der Waals surface area contributed by atoms with E-state index in [1.54, 1.807) is 0 Å². The van der Waals surface area contributed by atoms with Crippen molar-refractivity contribution in [2.75, 3.05) is 19.8 Å². The van der Waals surface area contributed by atoms with Crippen LogP contribution in [0.1, 0.15) is 32.6 Å². The van der Waals surface area contributed by atoms with E-state index in [0.717, 1.165) is 31.6 Å². The third-order valence-corrected chi connectivity index (χ3v) is 3.07. The van der Waals surface area contributed by atoms with E-state index in [4.69, 9.17) is 9.84 Å². The van der Waals surface area contributed by atoms with Crippen LogP contribution in [0.25, 0.3) is 0 Å². The maximum atomic E-state index is 9.74. The largest absolute Gasteiger partial charge is 0.394 e. The van der Waals surface area contributed by atoms with Crippen molar-refractivity contribution in [3.8, 4) is 0 Å². The minimum atomic E-state index is -0.135. The number of aliphatic hydroxyl groups is 2. The molecule has 0 aromatic carbocycles. The summed E-state index contributed by atoms with van der Waals surface area (Å²) in [6.45, 7) is 3.41. The average Bonchev–Trinajstić information content (AvgIpc) is 2.18. The van der Waals surface area contributed by atoms with Crippen LogP contribution in [0.3, 0.4) is 0 Å². The van der Waals surface area contributed by atoms with Gasteiger partial charge in [0.05, 0.1) is 19.3 Å². The van der Waals surface area contributed by atoms with E-state index in [0.29, 0.717) is 19.1 Å². The lowest BCUT2D eigenvalue weighted by molar-refractivity contribution is 0.0205. The highest BCUT2D eigenvalue weighted by atomic mass is 16.5. The van der Waals surface area contributed by atoms with Gasteiger partial charge in [0.15, 0.2) is 0 Å². The Labute approximate surface area is 86.1 Å². The van der Waals surface area contributed by atoms with Crippen LogP contribution in [-0.4, -0.2) is 36.1 Å². The van der Waals surface area contributed by atoms with Gasteiger partial charge in [-0.05, 0) is 37.5 Å². The van der Waals surface area contributed by atoms with Gasteiger partial charge in [-0.2, -0.15) is 0 Å². The SMILES string of the molecule is CC1CCC(O)C(CCOCCO)C1. The van der Waals surface area contributed by atoms with E-state index in [1.807, 2.05) is 0 Å². The Morgan fingerprint density at radius 2 is 2.07 bits per heavy atom. The zero-order valence-corrected chi connectivity index (χ0v) is 8.98. The molecule has 3 unspecified atom stereocenters. The van der Waals surface area contributed by atoms with Gasteiger partial charge in [0.1, 0.15) is 0 Å². The molecule has 3 atom stereocenters. The van der Waals surface area contributed by atoms with Crippen LogP contribution in [0.4, 0.5) is 0 Å². The normalized spacial score (nSPS) is 33.2. The summed E-state index contributed by atoms with van der Waals surface area (Å²) in [6.07, 6.45) is 3.99. The van der Waals surface area contributed by atoms with Crippen molar-refractivity contribution in [3.05, 3.63) is 0 Å². The summed E-state index contributed by atoms with van der Waals surface area (Å²) in [5.41, 5.74) is 0. The number of hydrogen-bond donors (Lipinski definition) is 2. The van der Waals surface area contributed by atoms with Gasteiger partial charge in [0.25, 0.3) is 0 Å². The van der Waals surface area contributed by atoms with Gasteiger partial charge in [0, 0.05) is 6.61 Å². The monoisotopic (exact) mass is 202 g/mol. The van der Waals surface area contributed by atoms with E-state index in [1.165, 1.54) is 0 Å². The van der Waals surface area contributed by atoms with Gasteiger partial charge < -0.3 is 14.9 Å². The topological polar surface area (TPSA) is 49.7 Å². The molecule has 14 heavy (non-hydrogen) atoms. The van der Waals surface area contributed by atoms with E-state index in [2.05, 4.69) is 6.92 Å². The third kappa shape index (κ3) is 3.95. The lowest BCUT2D eigenvalue weighted by Gasteiger charge is -2.31. The van der Waals surface area contributed by atoms with Gasteiger partial charge in [-0.25, -0.2) is 0 Å². The predicted octanol–water partition coefficient (Wildman–Crippen LogP) is 1.18. The zero-order valence-electron chi connectivity index (χ0n) is 8.98. The predicted molar refractivity (Wildman–Crippen MR) is 55.0 cm³/mol. The Kier molecular flexibility index (Phi) is 5.45. The summed E-state index contributed by atoms with van der Waals surface area (Å²) in [7, 11) is 0. The van der Waals surface area contributed by atoms with E-state index < -0.39 is 0 Å². The highest BCUT2D eigenvalue weighted by Crippen LogP contribution is 2.30. The maximum absolute atomic E-state index is 9.74. The number of rotatable bonds is 5. The Morgan fingerprint density at radius 3 is 2.79 bits per heavy atom. The molecule has 0 bridgehead atoms. The Morgan fingerprint density at radius 1 is 1.29 bits per heavy atom. The lowest BCUT2D eigenvalue weighted by atomic mass is 9.79. The quantitative estimate of drug-likeness (QED) is 0.658. The highest BCUT2D eigenvalue weighted by Gasteiger charge is 2.26. The average molecular weight is 202 g/mol. The molecule has 0 saturated heterocycles. The summed E-state index contributed by atoms with van der Waals surface area (Å²) in [5, 5.41) is 18.3. The molecule has 84 valence electrons. The molecule has 0 aliphatic heterocycles. The Hall–Kier alpha value is -0.120. The summed E-state index contributed by atoms with van der Waals surface area (Å²) in [4.78, 5) is 0. The highest BCUT2D eigenvalue weighted by molar-refractivity contribution is 4.77. The molecule has 1 saturated carbocycles. The molecule has 0 aromatic heterocycles. The second-order valence-corrected chi connectivity index (χ2v) is 4.37. The van der Waals surface area contributed by atoms with Crippen LogP contribution < -0.4 is 0 Å². The molecule has 1 aliphatic carbocycles. The molecule has 3 nitrogen and oxygen atoms in total. The van der Waals surface area contributed by atoms with Crippen molar-refractivity contribution in [3.63, 3.8) is 0 Å². The fourth-order valence-electron chi connectivity index (χ4n) is 2.19. The van der Waals surface area contributed by atoms with Crippen molar-refractivity contribution < 1.29 is 14.9 Å². The van der Waals surface area contributed by atoms with Crippen molar-refractivity contribution >= 4 is 0 Å². The molecule has 2 N–H and O–H groups in total. The Bertz CT molecular complexity index is 149. The zero-order chi connectivity index (χ0) is 10.4. The van der Waals surface area contributed by atoms with Gasteiger partial charge in [0.2, 0.25) is 0 Å². The van der Waals surface area contributed by atoms with E-state index >= 15 is 0 Å². The standard InChI is InChI=1S/C11H22O3/c1-9-2-3-11(13)10(8-9)4-6-14-7-5-12/h9-13H,2-8H2,1H3. The molecular weight excluding hydrogens is 180 g/mol. The van der Waals surface area contributed by atoms with Gasteiger partial charge in [-0.1, -0.05) is 6.92 Å². The molecule has 1 fully saturated rings. The first kappa shape index (κ1) is 12.0. The molecule has 0 aromatic rings. The number of aliphatic hydroxyl groups excluding tert-OH is 2. The summed E-state index contributed by atoms with van der Waals surface area (Å²) in [5.74, 6) is 1.14. The minimum Gasteiger partial charge on any atom is -0.394 e. The van der Waals surface area contributed by atoms with Crippen molar-refractivity contribution in [2.24, 2.45) is 11.8 Å². The Balaban J connectivity index is 2.14. The first-order valence-electron chi connectivity index (χ1n) is 5.60. The fraction of sp³-hybridized carbons (Fsp3) is 1.00. The van der Waals surface area contributed by atoms with Crippen molar-refractivity contribution in [2.45, 2.75) is 38.7 Å². The van der Waals surface area contributed by atoms with Gasteiger partial charge in [-0.3, -0.25) is 0 Å². The molecule has 0 amide bonds. The molecule has 3 heteroatoms. The van der Waals surface area contributed by atoms with Crippen LogP contribution >= 0.6 is 0 Å². The smallest absolute Gasteiger partial charge is 0.0697 e. The summed E-state index contributed by atoms with van der Waals surface area (Å²) >= 11 is 0. The maximum Gasteiger partial charge on any atom is 0.0697 e. The van der Waals surface area contributed by atoms with E-state index in [9.17, 15) is 5.11 Å². The molecule has 0 radical (unpaired) electrons. The first-order valence-corrected chi connectivity index (χ1v) is 5.60. The van der Waals surface area contributed by atoms with Crippen LogP contribution in [-0.2, 0) is 4.74 Å². The summed E-state index contributed by atoms with van der Waals surface area (Å²) in [6, 6.07) is 0. The van der Waals surface area contributed by atoms with Gasteiger partial charge in [-0.15, -0.1) is 0 Å². The summed E-state index contributed by atoms with van der Waals surface area (Å²) < 4.78 is 5.21. The van der Waals surface area contributed by atoms with Crippen LogP contribution in [0.15, 0.2) is 0 Å². The lowest BCUT2D eigenvalue weighted by Crippen LogP contribution is -2.29. The number of ether oxygens (including phenoxy) is 1. The molecule has 0 heterocycles. The van der Waals surface area contributed by atoms with Gasteiger partial charge >= 0.3 is 0 Å². The minimum absolute atomic E-state index is 0.0869. The second-order valence-electron chi connectivity index (χ2n) is 4.37. The fourth-order valence-corrected chi connectivity index (χ4v) is 2.19. The van der Waals surface area contributed by atoms with Crippen LogP contribution in [0.5, 0.6) is 0 Å². The second kappa shape index (κ2) is 6.38. The molecule has 0 spiro atoms. The molecule has 1 aliphatic rings. The van der Waals surface area contributed by atoms with Crippen molar-refractivity contribution in [1.82, 2.24) is 0 Å². The first-order chi connectivity index (χ1) is 6.74. The van der Waals surface area contributed by atoms with Crippen LogP contribution in [0, 0.1) is 11.8 Å². The third-order valence-electron chi connectivity index (χ3n) is 3.07. The molecule has 1 rings (SSSR count).